The first kappa shape index (κ1) is 14.2. The molecule has 0 radical (unpaired) electrons. The van der Waals surface area contributed by atoms with Crippen molar-refractivity contribution in [3.63, 3.8) is 0 Å². The van der Waals surface area contributed by atoms with Gasteiger partial charge in [0.25, 0.3) is 0 Å². The van der Waals surface area contributed by atoms with Crippen LogP contribution in [0.25, 0.3) is 0 Å². The fourth-order valence-corrected chi connectivity index (χ4v) is 2.90. The van der Waals surface area contributed by atoms with E-state index in [1.807, 2.05) is 13.0 Å². The third-order valence-corrected chi connectivity index (χ3v) is 3.04. The minimum Gasteiger partial charge on any atom is -0.350 e. The molecule has 17 heavy (non-hydrogen) atoms. The zero-order chi connectivity index (χ0) is 13.1. The maximum absolute atomic E-state index is 11.7. The molecule has 0 atom stereocenters. The number of amides is 1. The van der Waals surface area contributed by atoms with Gasteiger partial charge in [-0.3, -0.25) is 4.79 Å². The number of carbonyl (C=O) groups is 1. The quantitative estimate of drug-likeness (QED) is 0.741. The van der Waals surface area contributed by atoms with Crippen molar-refractivity contribution in [2.75, 3.05) is 0 Å². The van der Waals surface area contributed by atoms with E-state index >= 15 is 0 Å². The summed E-state index contributed by atoms with van der Waals surface area (Å²) in [4.78, 5) is 11.7. The number of hydrogen-bond donors (Lipinski definition) is 2. The van der Waals surface area contributed by atoms with Gasteiger partial charge in [0.05, 0.1) is 0 Å². The second-order valence-corrected chi connectivity index (χ2v) is 6.32. The lowest BCUT2D eigenvalue weighted by molar-refractivity contribution is -0.117. The lowest BCUT2D eigenvalue weighted by Crippen LogP contribution is -2.62. The van der Waals surface area contributed by atoms with Crippen molar-refractivity contribution in [3.05, 3.63) is 12.2 Å². The highest BCUT2D eigenvalue weighted by molar-refractivity contribution is 5.87. The van der Waals surface area contributed by atoms with Gasteiger partial charge in [0.2, 0.25) is 5.91 Å². The van der Waals surface area contributed by atoms with Crippen LogP contribution in [-0.4, -0.2) is 23.0 Å². The van der Waals surface area contributed by atoms with Crippen molar-refractivity contribution in [1.82, 2.24) is 10.6 Å². The SMILES string of the molecule is CCC=CC(=O)NC1CC(C)(C)NC(C)(C)C1. The highest BCUT2D eigenvalue weighted by atomic mass is 16.1. The fraction of sp³-hybridized carbons (Fsp3) is 0.786. The normalized spacial score (nSPS) is 23.8. The summed E-state index contributed by atoms with van der Waals surface area (Å²) in [6.45, 7) is 10.8. The Morgan fingerprint density at radius 3 is 2.29 bits per heavy atom. The van der Waals surface area contributed by atoms with Crippen LogP contribution in [0, 0.1) is 0 Å². The van der Waals surface area contributed by atoms with Gasteiger partial charge in [-0.2, -0.15) is 0 Å². The first-order valence-corrected chi connectivity index (χ1v) is 6.50. The molecular weight excluding hydrogens is 212 g/mol. The van der Waals surface area contributed by atoms with Crippen molar-refractivity contribution in [3.8, 4) is 0 Å². The van der Waals surface area contributed by atoms with E-state index in [-0.39, 0.29) is 23.0 Å². The van der Waals surface area contributed by atoms with Crippen LogP contribution < -0.4 is 10.6 Å². The molecule has 1 heterocycles. The summed E-state index contributed by atoms with van der Waals surface area (Å²) in [5.41, 5.74) is 0.155. The molecule has 0 aromatic rings. The van der Waals surface area contributed by atoms with Crippen LogP contribution in [0.3, 0.4) is 0 Å². The van der Waals surface area contributed by atoms with Gasteiger partial charge in [-0.15, -0.1) is 0 Å². The second kappa shape index (κ2) is 5.21. The number of allylic oxidation sites excluding steroid dienone is 1. The Hall–Kier alpha value is -0.830. The van der Waals surface area contributed by atoms with Crippen molar-refractivity contribution in [2.24, 2.45) is 0 Å². The lowest BCUT2D eigenvalue weighted by atomic mass is 9.79. The monoisotopic (exact) mass is 238 g/mol. The number of rotatable bonds is 3. The van der Waals surface area contributed by atoms with E-state index in [0.29, 0.717) is 0 Å². The average molecular weight is 238 g/mol. The molecule has 1 fully saturated rings. The highest BCUT2D eigenvalue weighted by Crippen LogP contribution is 2.28. The van der Waals surface area contributed by atoms with E-state index in [2.05, 4.69) is 38.3 Å². The Kier molecular flexibility index (Phi) is 4.36. The van der Waals surface area contributed by atoms with E-state index in [9.17, 15) is 4.79 Å². The van der Waals surface area contributed by atoms with Gasteiger partial charge in [0, 0.05) is 17.1 Å². The summed E-state index contributed by atoms with van der Waals surface area (Å²) in [6.07, 6.45) is 6.38. The molecule has 1 saturated heterocycles. The number of hydrogen-bond acceptors (Lipinski definition) is 2. The molecule has 1 amide bonds. The predicted octanol–water partition coefficient (Wildman–Crippen LogP) is 2.38. The second-order valence-electron chi connectivity index (χ2n) is 6.32. The van der Waals surface area contributed by atoms with Crippen molar-refractivity contribution in [1.29, 1.82) is 0 Å². The summed E-state index contributed by atoms with van der Waals surface area (Å²) in [5.74, 6) is 0.0327. The molecule has 0 bridgehead atoms. The Morgan fingerprint density at radius 1 is 1.29 bits per heavy atom. The summed E-state index contributed by atoms with van der Waals surface area (Å²) in [6, 6.07) is 0.259. The predicted molar refractivity (Wildman–Crippen MR) is 71.9 cm³/mol. The summed E-state index contributed by atoms with van der Waals surface area (Å²) in [7, 11) is 0. The van der Waals surface area contributed by atoms with Gasteiger partial charge in [0.1, 0.15) is 0 Å². The minimum atomic E-state index is 0.0327. The summed E-state index contributed by atoms with van der Waals surface area (Å²) < 4.78 is 0. The smallest absolute Gasteiger partial charge is 0.243 e. The molecule has 0 spiro atoms. The summed E-state index contributed by atoms with van der Waals surface area (Å²) in [5, 5.41) is 6.71. The van der Waals surface area contributed by atoms with Crippen molar-refractivity contribution in [2.45, 2.75) is 71.0 Å². The molecule has 0 aliphatic carbocycles. The third kappa shape index (κ3) is 4.90. The van der Waals surface area contributed by atoms with E-state index in [0.717, 1.165) is 19.3 Å². The number of piperidine rings is 1. The largest absolute Gasteiger partial charge is 0.350 e. The zero-order valence-electron chi connectivity index (χ0n) is 11.8. The van der Waals surface area contributed by atoms with Crippen LogP contribution in [0.2, 0.25) is 0 Å². The van der Waals surface area contributed by atoms with E-state index in [1.165, 1.54) is 0 Å². The molecule has 1 rings (SSSR count). The molecule has 3 nitrogen and oxygen atoms in total. The van der Waals surface area contributed by atoms with Crippen molar-refractivity contribution < 1.29 is 4.79 Å². The van der Waals surface area contributed by atoms with Gasteiger partial charge in [-0.1, -0.05) is 13.0 Å². The maximum atomic E-state index is 11.7. The van der Waals surface area contributed by atoms with Gasteiger partial charge in [-0.25, -0.2) is 0 Å². The van der Waals surface area contributed by atoms with Gasteiger partial charge < -0.3 is 10.6 Å². The van der Waals surface area contributed by atoms with Crippen molar-refractivity contribution >= 4 is 5.91 Å². The minimum absolute atomic E-state index is 0.0327. The van der Waals surface area contributed by atoms with E-state index in [1.54, 1.807) is 6.08 Å². The van der Waals surface area contributed by atoms with E-state index < -0.39 is 0 Å². The Labute approximate surface area is 105 Å². The van der Waals surface area contributed by atoms with E-state index in [4.69, 9.17) is 0 Å². The van der Waals surface area contributed by atoms with Crippen LogP contribution in [-0.2, 0) is 4.79 Å². The molecule has 0 saturated carbocycles. The van der Waals surface area contributed by atoms with Crippen LogP contribution in [0.15, 0.2) is 12.2 Å². The molecule has 3 heteroatoms. The number of carbonyl (C=O) groups excluding carboxylic acids is 1. The van der Waals surface area contributed by atoms with Crippen LogP contribution in [0.4, 0.5) is 0 Å². The molecule has 1 aliphatic rings. The number of nitrogens with one attached hydrogen (secondary N) is 2. The molecule has 2 N–H and O–H groups in total. The van der Waals surface area contributed by atoms with Gasteiger partial charge in [0.15, 0.2) is 0 Å². The van der Waals surface area contributed by atoms with Gasteiger partial charge in [-0.05, 0) is 53.0 Å². The summed E-state index contributed by atoms with van der Waals surface area (Å²) >= 11 is 0. The Bertz CT molecular complexity index is 289. The molecule has 0 unspecified atom stereocenters. The Morgan fingerprint density at radius 2 is 1.82 bits per heavy atom. The first-order chi connectivity index (χ1) is 7.74. The van der Waals surface area contributed by atoms with Gasteiger partial charge >= 0.3 is 0 Å². The molecule has 0 aromatic heterocycles. The Balaban J connectivity index is 2.59. The van der Waals surface area contributed by atoms with Crippen LogP contribution >= 0.6 is 0 Å². The molecule has 1 aliphatic heterocycles. The highest BCUT2D eigenvalue weighted by Gasteiger charge is 2.37. The fourth-order valence-electron chi connectivity index (χ4n) is 2.90. The topological polar surface area (TPSA) is 41.1 Å². The standard InChI is InChI=1S/C14H26N2O/c1-6-7-8-12(17)15-11-9-13(2,3)16-14(4,5)10-11/h7-8,11,16H,6,9-10H2,1-5H3,(H,15,17). The third-order valence-electron chi connectivity index (χ3n) is 3.04. The molecular formula is C14H26N2O. The average Bonchev–Trinajstić information content (AvgIpc) is 2.09. The van der Waals surface area contributed by atoms with Crippen LogP contribution in [0.1, 0.15) is 53.9 Å². The molecule has 98 valence electrons. The first-order valence-electron chi connectivity index (χ1n) is 6.50. The molecule has 0 aromatic carbocycles. The zero-order valence-corrected chi connectivity index (χ0v) is 11.8. The lowest BCUT2D eigenvalue weighted by Gasteiger charge is -2.46. The maximum Gasteiger partial charge on any atom is 0.243 e. The van der Waals surface area contributed by atoms with Crippen LogP contribution in [0.5, 0.6) is 0 Å².